The molecule has 0 saturated carbocycles. The van der Waals surface area contributed by atoms with Gasteiger partial charge in [0.25, 0.3) is 0 Å². The monoisotopic (exact) mass is 210 g/mol. The minimum atomic E-state index is -3.12. The highest BCUT2D eigenvalue weighted by molar-refractivity contribution is 7.67. The molecule has 0 heterocycles. The first-order chi connectivity index (χ1) is 5.84. The Labute approximate surface area is 78.5 Å². The van der Waals surface area contributed by atoms with Gasteiger partial charge < -0.3 is 4.74 Å². The van der Waals surface area contributed by atoms with Gasteiger partial charge in [-0.3, -0.25) is 9.34 Å². The van der Waals surface area contributed by atoms with Crippen LogP contribution >= 0.6 is 7.50 Å². The van der Waals surface area contributed by atoms with Gasteiger partial charge in [-0.25, -0.2) is 4.79 Å². The van der Waals surface area contributed by atoms with E-state index >= 15 is 0 Å². The van der Waals surface area contributed by atoms with Crippen LogP contribution in [0, 0.1) is 0 Å². The van der Waals surface area contributed by atoms with Crippen LogP contribution in [-0.2, 0) is 9.53 Å². The highest BCUT2D eigenvalue weighted by Gasteiger charge is 2.24. The van der Waals surface area contributed by atoms with Crippen molar-refractivity contribution in [3.05, 3.63) is 0 Å². The van der Waals surface area contributed by atoms with E-state index < -0.39 is 13.5 Å². The normalized spacial score (nSPS) is 12.0. The SMILES string of the molecule is COC(=O)C=P(F)(N(C)C)N(C)C. The van der Waals surface area contributed by atoms with Crippen LogP contribution < -0.4 is 0 Å². The minimum Gasteiger partial charge on any atom is -0.466 e. The number of esters is 1. The number of hydrogen-bond acceptors (Lipinski definition) is 4. The van der Waals surface area contributed by atoms with Crippen molar-refractivity contribution in [3.8, 4) is 0 Å². The average molecular weight is 210 g/mol. The summed E-state index contributed by atoms with van der Waals surface area (Å²) < 4.78 is 21.3. The van der Waals surface area contributed by atoms with Gasteiger partial charge >= 0.3 is 5.97 Å². The highest BCUT2D eigenvalue weighted by atomic mass is 31.2. The van der Waals surface area contributed by atoms with Crippen LogP contribution in [0.2, 0.25) is 0 Å². The molecule has 0 aromatic heterocycles. The Balaban J connectivity index is 5.00. The minimum absolute atomic E-state index is 0.641. The van der Waals surface area contributed by atoms with Gasteiger partial charge in [-0.1, -0.05) is 0 Å². The fraction of sp³-hybridized carbons (Fsp3) is 0.714. The molecule has 0 atom stereocenters. The van der Waals surface area contributed by atoms with Crippen molar-refractivity contribution in [3.63, 3.8) is 0 Å². The summed E-state index contributed by atoms with van der Waals surface area (Å²) in [5.41, 5.74) is 0. The van der Waals surface area contributed by atoms with E-state index in [9.17, 15) is 8.99 Å². The summed E-state index contributed by atoms with van der Waals surface area (Å²) in [5, 5.41) is 0. The Bertz CT molecular complexity index is 229. The van der Waals surface area contributed by atoms with E-state index in [1.807, 2.05) is 0 Å². The van der Waals surface area contributed by atoms with Crippen molar-refractivity contribution in [2.75, 3.05) is 35.3 Å². The smallest absolute Gasteiger partial charge is 0.335 e. The molecule has 4 nitrogen and oxygen atoms in total. The third-order valence-corrected chi connectivity index (χ3v) is 4.38. The van der Waals surface area contributed by atoms with E-state index in [4.69, 9.17) is 0 Å². The largest absolute Gasteiger partial charge is 0.466 e. The van der Waals surface area contributed by atoms with Gasteiger partial charge in [0, 0.05) is 0 Å². The van der Waals surface area contributed by atoms with Crippen LogP contribution in [0.15, 0.2) is 0 Å². The van der Waals surface area contributed by atoms with Crippen LogP contribution in [0.25, 0.3) is 0 Å². The van der Waals surface area contributed by atoms with E-state index in [1.54, 1.807) is 28.2 Å². The number of rotatable bonds is 3. The summed E-state index contributed by atoms with van der Waals surface area (Å²) in [4.78, 5) is 10.9. The molecule has 0 unspecified atom stereocenters. The zero-order valence-electron chi connectivity index (χ0n) is 8.61. The molecule has 0 aromatic carbocycles. The maximum absolute atomic E-state index is 14.1. The fourth-order valence-electron chi connectivity index (χ4n) is 0.776. The number of hydrogen-bond donors (Lipinski definition) is 0. The molecule has 0 saturated heterocycles. The molecule has 0 aliphatic heterocycles. The first-order valence-electron chi connectivity index (χ1n) is 3.72. The lowest BCUT2D eigenvalue weighted by Crippen LogP contribution is -2.22. The van der Waals surface area contributed by atoms with Gasteiger partial charge in [-0.05, 0) is 28.2 Å². The van der Waals surface area contributed by atoms with E-state index in [2.05, 4.69) is 4.74 Å². The third kappa shape index (κ3) is 3.10. The predicted octanol–water partition coefficient (Wildman–Crippen LogP) is 0.817. The molecular formula is C7H16FN2O2P. The highest BCUT2D eigenvalue weighted by Crippen LogP contribution is 2.51. The molecule has 6 heteroatoms. The van der Waals surface area contributed by atoms with Crippen LogP contribution in [0.5, 0.6) is 0 Å². The van der Waals surface area contributed by atoms with Gasteiger partial charge in [0.05, 0.1) is 12.9 Å². The van der Waals surface area contributed by atoms with Crippen LogP contribution in [0.1, 0.15) is 0 Å². The standard InChI is InChI=1S/C7H16FN2O2P/c1-9(2)13(8,10(3)4)6-7(11)12-5/h6H,1-5H3. The zero-order chi connectivity index (χ0) is 10.6. The van der Waals surface area contributed by atoms with E-state index in [1.165, 1.54) is 16.5 Å². The second kappa shape index (κ2) is 4.74. The quantitative estimate of drug-likeness (QED) is 0.510. The molecule has 0 aromatic rings. The number of carbonyl (C=O) groups excluding carboxylic acids is 1. The van der Waals surface area contributed by atoms with Gasteiger partial charge in [-0.15, -0.1) is 0 Å². The van der Waals surface area contributed by atoms with E-state index in [-0.39, 0.29) is 0 Å². The Morgan fingerprint density at radius 2 is 1.69 bits per heavy atom. The maximum atomic E-state index is 14.1. The molecule has 78 valence electrons. The average Bonchev–Trinajstić information content (AvgIpc) is 2.03. The molecule has 0 N–H and O–H groups in total. The summed E-state index contributed by atoms with van der Waals surface area (Å²) >= 11 is 0. The van der Waals surface area contributed by atoms with Gasteiger partial charge in [0.2, 0.25) is 0 Å². The first kappa shape index (κ1) is 12.6. The van der Waals surface area contributed by atoms with Crippen molar-refractivity contribution in [1.29, 1.82) is 0 Å². The van der Waals surface area contributed by atoms with Crippen molar-refractivity contribution < 1.29 is 13.7 Å². The molecule has 0 spiro atoms. The Hall–Kier alpha value is -0.380. The van der Waals surface area contributed by atoms with Crippen molar-refractivity contribution in [2.45, 2.75) is 0 Å². The summed E-state index contributed by atoms with van der Waals surface area (Å²) in [6.45, 7) is 0. The number of methoxy groups -OCH3 is 1. The Morgan fingerprint density at radius 3 is 1.92 bits per heavy atom. The van der Waals surface area contributed by atoms with Crippen molar-refractivity contribution in [1.82, 2.24) is 9.34 Å². The molecular weight excluding hydrogens is 194 g/mol. The van der Waals surface area contributed by atoms with Crippen LogP contribution in [0.4, 0.5) is 4.20 Å². The number of nitrogens with zero attached hydrogens (tertiary/aromatic N) is 2. The number of ether oxygens (including phenoxy) is 1. The predicted molar refractivity (Wildman–Crippen MR) is 53.5 cm³/mol. The summed E-state index contributed by atoms with van der Waals surface area (Å²) in [6.07, 6.45) is 0. The first-order valence-corrected chi connectivity index (χ1v) is 5.38. The topological polar surface area (TPSA) is 32.8 Å². The fourth-order valence-corrected chi connectivity index (χ4v) is 2.33. The second-order valence-electron chi connectivity index (χ2n) is 2.92. The number of halogens is 1. The van der Waals surface area contributed by atoms with Gasteiger partial charge in [0.15, 0.2) is 7.50 Å². The summed E-state index contributed by atoms with van der Waals surface area (Å²) in [7, 11) is 4.47. The second-order valence-corrected chi connectivity index (χ2v) is 5.91. The zero-order valence-corrected chi connectivity index (χ0v) is 9.51. The lowest BCUT2D eigenvalue weighted by molar-refractivity contribution is -0.132. The van der Waals surface area contributed by atoms with Gasteiger partial charge in [0.1, 0.15) is 0 Å². The van der Waals surface area contributed by atoms with E-state index in [0.29, 0.717) is 0 Å². The molecule has 0 rings (SSSR count). The third-order valence-electron chi connectivity index (χ3n) is 1.59. The lowest BCUT2D eigenvalue weighted by atomic mass is 10.8. The van der Waals surface area contributed by atoms with Crippen molar-refractivity contribution in [2.24, 2.45) is 0 Å². The Morgan fingerprint density at radius 1 is 1.31 bits per heavy atom. The summed E-state index contributed by atoms with van der Waals surface area (Å²) in [6, 6.07) is 0. The molecule has 0 aliphatic rings. The van der Waals surface area contributed by atoms with Crippen molar-refractivity contribution >= 4 is 19.3 Å². The van der Waals surface area contributed by atoms with Crippen LogP contribution in [0.3, 0.4) is 0 Å². The molecule has 0 radical (unpaired) electrons. The Kier molecular flexibility index (Phi) is 4.61. The molecule has 0 aliphatic carbocycles. The maximum Gasteiger partial charge on any atom is 0.335 e. The van der Waals surface area contributed by atoms with Crippen LogP contribution in [-0.4, -0.2) is 56.4 Å². The lowest BCUT2D eigenvalue weighted by Gasteiger charge is -2.29. The molecule has 0 bridgehead atoms. The number of carbonyl (C=O) groups is 1. The molecule has 0 fully saturated rings. The summed E-state index contributed by atoms with van der Waals surface area (Å²) in [5.74, 6) is 0.353. The molecule has 0 amide bonds. The van der Waals surface area contributed by atoms with Gasteiger partial charge in [-0.2, -0.15) is 4.20 Å². The molecule has 13 heavy (non-hydrogen) atoms. The van der Waals surface area contributed by atoms with E-state index in [0.717, 1.165) is 5.80 Å².